The molecule has 7 aromatic rings. The van der Waals surface area contributed by atoms with Crippen molar-refractivity contribution in [2.75, 3.05) is 0 Å². The molecule has 0 N–H and O–H groups in total. The Bertz CT molecular complexity index is 2220. The van der Waals surface area contributed by atoms with Gasteiger partial charge in [-0.25, -0.2) is 18.3 Å². The van der Waals surface area contributed by atoms with Crippen LogP contribution in [0.2, 0.25) is 0 Å². The predicted molar refractivity (Wildman–Crippen MR) is 172 cm³/mol. The van der Waals surface area contributed by atoms with Crippen LogP contribution in [-0.4, -0.2) is 13.7 Å². The number of imidazole rings is 2. The van der Waals surface area contributed by atoms with E-state index in [0.29, 0.717) is 0 Å². The second kappa shape index (κ2) is 8.81. The van der Waals surface area contributed by atoms with E-state index in [9.17, 15) is 0 Å². The van der Waals surface area contributed by atoms with Gasteiger partial charge in [-0.2, -0.15) is 0 Å². The molecule has 0 fully saturated rings. The van der Waals surface area contributed by atoms with E-state index in [1.54, 1.807) is 0 Å². The van der Waals surface area contributed by atoms with Gasteiger partial charge < -0.3 is 4.57 Å². The minimum atomic E-state index is -0.386. The van der Waals surface area contributed by atoms with Gasteiger partial charge in [0.05, 0.1) is 30.8 Å². The Morgan fingerprint density at radius 3 is 2.05 bits per heavy atom. The lowest BCUT2D eigenvalue weighted by Gasteiger charge is -2.38. The second-order valence-corrected chi connectivity index (χ2v) is 13.4. The Hall–Kier alpha value is -4.90. The van der Waals surface area contributed by atoms with E-state index in [-0.39, 0.29) is 10.8 Å². The van der Waals surface area contributed by atoms with E-state index >= 15 is 0 Å². The highest BCUT2D eigenvalue weighted by molar-refractivity contribution is 6.12. The zero-order valence-corrected chi connectivity index (χ0v) is 25.7. The lowest BCUT2D eigenvalue weighted by Crippen LogP contribution is -2.31. The summed E-state index contributed by atoms with van der Waals surface area (Å²) >= 11 is 0. The summed E-state index contributed by atoms with van der Waals surface area (Å²) < 4.78 is 11.1. The van der Waals surface area contributed by atoms with Crippen molar-refractivity contribution in [2.45, 2.75) is 38.5 Å². The quantitative estimate of drug-likeness (QED) is 0.207. The molecule has 0 saturated carbocycles. The maximum absolute atomic E-state index is 2.51. The number of para-hydroxylation sites is 1. The minimum Gasteiger partial charge on any atom is -0.309 e. The average Bonchev–Trinajstić information content (AvgIpc) is 3.72. The molecule has 212 valence electrons. The van der Waals surface area contributed by atoms with Crippen LogP contribution in [0.5, 0.6) is 0 Å². The Labute approximate surface area is 252 Å². The van der Waals surface area contributed by atoms with Gasteiger partial charge in [-0.1, -0.05) is 57.2 Å². The maximum Gasteiger partial charge on any atom is 0.248 e. The number of rotatable bonds is 3. The van der Waals surface area contributed by atoms with Crippen LogP contribution in [0.4, 0.5) is 0 Å². The van der Waals surface area contributed by atoms with Crippen LogP contribution >= 0.6 is 0 Å². The van der Waals surface area contributed by atoms with Gasteiger partial charge in [0.25, 0.3) is 0 Å². The molecular formula is C38H37N5+2. The van der Waals surface area contributed by atoms with E-state index in [1.807, 2.05) is 0 Å². The highest BCUT2D eigenvalue weighted by Gasteiger charge is 2.41. The zero-order valence-electron chi connectivity index (χ0n) is 25.7. The molecular weight excluding hydrogens is 526 g/mol. The lowest BCUT2D eigenvalue weighted by molar-refractivity contribution is -0.670. The molecule has 5 nitrogen and oxygen atoms in total. The topological polar surface area (TPSA) is 22.5 Å². The third kappa shape index (κ3) is 3.70. The fourth-order valence-electron chi connectivity index (χ4n) is 7.11. The third-order valence-electron chi connectivity index (χ3n) is 9.51. The van der Waals surface area contributed by atoms with E-state index < -0.39 is 0 Å². The summed E-state index contributed by atoms with van der Waals surface area (Å²) in [7, 11) is 4.13. The molecule has 43 heavy (non-hydrogen) atoms. The molecule has 8 rings (SSSR count). The predicted octanol–water partition coefficient (Wildman–Crippen LogP) is 6.98. The van der Waals surface area contributed by atoms with Crippen LogP contribution in [0.3, 0.4) is 0 Å². The molecule has 1 atom stereocenters. The monoisotopic (exact) mass is 563 g/mol. The number of benzene rings is 4. The Balaban J connectivity index is 1.48. The van der Waals surface area contributed by atoms with Gasteiger partial charge in [0.2, 0.25) is 12.7 Å². The van der Waals surface area contributed by atoms with Crippen molar-refractivity contribution in [3.63, 3.8) is 0 Å². The fourth-order valence-corrected chi connectivity index (χ4v) is 7.11. The summed E-state index contributed by atoms with van der Waals surface area (Å²) in [5.41, 5.74) is 11.1. The zero-order chi connectivity index (χ0) is 29.7. The first-order valence-corrected chi connectivity index (χ1v) is 15.0. The first kappa shape index (κ1) is 25.8. The SMILES string of the molecule is C[n+]1ccn(-c2cccc(C3(C)c4cc(-n5cc[n+](C)c5)ccc4-n4c5ccc(C(C)(C)C)cc5c5cccc3c54)c2)c1. The molecule has 4 aromatic carbocycles. The lowest BCUT2D eigenvalue weighted by atomic mass is 9.68. The molecule has 1 aliphatic heterocycles. The van der Waals surface area contributed by atoms with Crippen molar-refractivity contribution in [2.24, 2.45) is 14.1 Å². The molecule has 0 bridgehead atoms. The van der Waals surface area contributed by atoms with E-state index in [4.69, 9.17) is 0 Å². The molecule has 3 aromatic heterocycles. The average molecular weight is 564 g/mol. The number of fused-ring (bicyclic) bond motifs is 5. The van der Waals surface area contributed by atoms with Crippen molar-refractivity contribution >= 4 is 21.8 Å². The van der Waals surface area contributed by atoms with Gasteiger partial charge >= 0.3 is 0 Å². The standard InChI is InChI=1S/C38H37N5/c1-37(2,3)26-13-15-34-31(22-26)30-11-8-12-32-36(30)43(34)35-16-14-29(42-20-18-40(6)25-42)23-33(35)38(32,4)27-9-7-10-28(21-27)41-19-17-39(5)24-41/h7-25H,1-6H3/q+2. The highest BCUT2D eigenvalue weighted by Crippen LogP contribution is 2.51. The van der Waals surface area contributed by atoms with E-state index in [1.165, 1.54) is 49.7 Å². The normalized spacial score (nSPS) is 16.2. The minimum absolute atomic E-state index is 0.0736. The molecule has 0 aliphatic carbocycles. The summed E-state index contributed by atoms with van der Waals surface area (Å²) in [4.78, 5) is 0. The Morgan fingerprint density at radius 1 is 0.674 bits per heavy atom. The van der Waals surface area contributed by atoms with Gasteiger partial charge in [0, 0.05) is 16.2 Å². The first-order valence-electron chi connectivity index (χ1n) is 15.0. The molecule has 0 amide bonds. The van der Waals surface area contributed by atoms with Gasteiger partial charge in [-0.15, -0.1) is 0 Å². The molecule has 0 radical (unpaired) electrons. The van der Waals surface area contributed by atoms with Crippen molar-refractivity contribution in [3.8, 4) is 17.1 Å². The first-order chi connectivity index (χ1) is 20.6. The van der Waals surface area contributed by atoms with Crippen LogP contribution < -0.4 is 9.13 Å². The fraction of sp³-hybridized carbons (Fsp3) is 0.211. The second-order valence-electron chi connectivity index (χ2n) is 13.4. The number of aryl methyl sites for hydroxylation is 2. The van der Waals surface area contributed by atoms with Crippen molar-refractivity contribution in [1.29, 1.82) is 0 Å². The summed E-state index contributed by atoms with van der Waals surface area (Å²) in [5.74, 6) is 0. The summed E-state index contributed by atoms with van der Waals surface area (Å²) in [6.07, 6.45) is 12.7. The Kier molecular flexibility index (Phi) is 5.28. The van der Waals surface area contributed by atoms with Crippen molar-refractivity contribution < 1.29 is 9.13 Å². The van der Waals surface area contributed by atoms with Crippen molar-refractivity contribution in [3.05, 3.63) is 139 Å². The van der Waals surface area contributed by atoms with Crippen LogP contribution in [0, 0.1) is 0 Å². The molecule has 1 unspecified atom stereocenters. The largest absolute Gasteiger partial charge is 0.309 e. The highest BCUT2D eigenvalue weighted by atomic mass is 15.1. The van der Waals surface area contributed by atoms with Gasteiger partial charge in [0.1, 0.15) is 36.2 Å². The van der Waals surface area contributed by atoms with Gasteiger partial charge in [-0.3, -0.25) is 0 Å². The van der Waals surface area contributed by atoms with Crippen molar-refractivity contribution in [1.82, 2.24) is 13.7 Å². The van der Waals surface area contributed by atoms with E-state index in [2.05, 4.69) is 181 Å². The summed E-state index contributed by atoms with van der Waals surface area (Å²) in [6.45, 7) is 9.30. The maximum atomic E-state index is 2.51. The number of nitrogens with zero attached hydrogens (tertiary/aromatic N) is 5. The molecule has 0 saturated heterocycles. The smallest absolute Gasteiger partial charge is 0.248 e. The molecule has 1 aliphatic rings. The van der Waals surface area contributed by atoms with Gasteiger partial charge in [-0.05, 0) is 77.1 Å². The molecule has 0 spiro atoms. The number of aromatic nitrogens is 5. The summed E-state index contributed by atoms with van der Waals surface area (Å²) in [5, 5.41) is 2.63. The number of hydrogen-bond acceptors (Lipinski definition) is 0. The Morgan fingerprint density at radius 2 is 1.37 bits per heavy atom. The van der Waals surface area contributed by atoms with Crippen LogP contribution in [0.15, 0.2) is 116 Å². The third-order valence-corrected chi connectivity index (χ3v) is 9.51. The van der Waals surface area contributed by atoms with Crippen LogP contribution in [0.1, 0.15) is 49.9 Å². The van der Waals surface area contributed by atoms with Gasteiger partial charge in [0.15, 0.2) is 0 Å². The van der Waals surface area contributed by atoms with Crippen LogP contribution in [-0.2, 0) is 24.9 Å². The van der Waals surface area contributed by atoms with Crippen LogP contribution in [0.25, 0.3) is 38.9 Å². The van der Waals surface area contributed by atoms with E-state index in [0.717, 1.165) is 11.4 Å². The summed E-state index contributed by atoms with van der Waals surface area (Å²) in [6, 6.07) is 30.0. The number of hydrogen-bond donors (Lipinski definition) is 0. The molecule has 5 heteroatoms. The molecule has 4 heterocycles.